The minimum atomic E-state index is 1.02. The van der Waals surface area contributed by atoms with Crippen molar-refractivity contribution in [2.45, 2.75) is 47.0 Å². The summed E-state index contributed by atoms with van der Waals surface area (Å²) in [6, 6.07) is 0. The van der Waals surface area contributed by atoms with Gasteiger partial charge < -0.3 is 0 Å². The first-order chi connectivity index (χ1) is 5.00. The molecule has 60 valence electrons. The van der Waals surface area contributed by atoms with Crippen molar-refractivity contribution in [3.63, 3.8) is 0 Å². The average Bonchev–Trinajstić information content (AvgIpc) is 2.01. The van der Waals surface area contributed by atoms with Gasteiger partial charge in [-0.05, 0) is 0 Å². The van der Waals surface area contributed by atoms with Crippen LogP contribution in [0.15, 0.2) is 0 Å². The normalized spacial score (nSPS) is 24.0. The van der Waals surface area contributed by atoms with Crippen LogP contribution in [0.25, 0.3) is 0 Å². The van der Waals surface area contributed by atoms with E-state index in [1.165, 1.54) is 0 Å². The summed E-state index contributed by atoms with van der Waals surface area (Å²) in [5.74, 6) is 0. The number of hydrogen-bond donors (Lipinski definition) is 0. The second-order valence-electron chi connectivity index (χ2n) is 2.64. The summed E-state index contributed by atoms with van der Waals surface area (Å²) in [6.07, 6.45) is 6.17. The average molecular weight is 270 g/mol. The third kappa shape index (κ3) is 4.79. The fourth-order valence-corrected chi connectivity index (χ4v) is 5.30. The molecule has 0 unspecified atom stereocenters. The van der Waals surface area contributed by atoms with Crippen molar-refractivity contribution in [1.29, 1.82) is 0 Å². The summed E-state index contributed by atoms with van der Waals surface area (Å²) in [5, 5.41) is 6.29. The first-order valence-corrected chi connectivity index (χ1v) is 9.00. The molecule has 0 N–H and O–H groups in total. The zero-order chi connectivity index (χ0) is 7.07. The van der Waals surface area contributed by atoms with E-state index in [-0.39, 0.29) is 0 Å². The molecule has 1 saturated heterocycles. The molecular formula is C8H16Se2. The molecule has 0 spiro atoms. The molecule has 0 atom stereocenters. The van der Waals surface area contributed by atoms with E-state index in [1.54, 1.807) is 47.0 Å². The van der Waals surface area contributed by atoms with Gasteiger partial charge in [-0.15, -0.1) is 0 Å². The van der Waals surface area contributed by atoms with E-state index in [0.717, 1.165) is 29.9 Å². The van der Waals surface area contributed by atoms with Crippen LogP contribution in [0.4, 0.5) is 0 Å². The van der Waals surface area contributed by atoms with Gasteiger partial charge in [0.05, 0.1) is 0 Å². The molecule has 2 heteroatoms. The van der Waals surface area contributed by atoms with Crippen molar-refractivity contribution >= 4 is 29.9 Å². The zero-order valence-electron chi connectivity index (χ0n) is 6.47. The SMILES string of the molecule is C1CC[Se]CCCC[Se]C1. The molecule has 0 aromatic heterocycles. The van der Waals surface area contributed by atoms with Crippen LogP contribution < -0.4 is 0 Å². The first-order valence-electron chi connectivity index (χ1n) is 4.15. The zero-order valence-corrected chi connectivity index (χ0v) is 9.90. The second kappa shape index (κ2) is 6.73. The van der Waals surface area contributed by atoms with Gasteiger partial charge in [-0.25, -0.2) is 0 Å². The third-order valence-electron chi connectivity index (χ3n) is 1.65. The Balaban J connectivity index is 2.00. The molecule has 1 aliphatic rings. The van der Waals surface area contributed by atoms with E-state index >= 15 is 0 Å². The van der Waals surface area contributed by atoms with Crippen LogP contribution in [-0.4, -0.2) is 29.9 Å². The van der Waals surface area contributed by atoms with Gasteiger partial charge in [0.2, 0.25) is 0 Å². The monoisotopic (exact) mass is 272 g/mol. The van der Waals surface area contributed by atoms with E-state index in [2.05, 4.69) is 0 Å². The van der Waals surface area contributed by atoms with Gasteiger partial charge in [-0.1, -0.05) is 0 Å². The minimum absolute atomic E-state index is 1.02. The van der Waals surface area contributed by atoms with E-state index in [1.807, 2.05) is 0 Å². The number of rotatable bonds is 0. The van der Waals surface area contributed by atoms with Crippen LogP contribution in [-0.2, 0) is 0 Å². The third-order valence-corrected chi connectivity index (χ3v) is 6.50. The molecule has 0 bridgehead atoms. The molecule has 0 nitrogen and oxygen atoms in total. The van der Waals surface area contributed by atoms with Gasteiger partial charge >= 0.3 is 76.9 Å². The Morgan fingerprint density at radius 2 is 0.800 bits per heavy atom. The van der Waals surface area contributed by atoms with Crippen LogP contribution >= 0.6 is 0 Å². The molecule has 1 heterocycles. The van der Waals surface area contributed by atoms with E-state index in [0.29, 0.717) is 0 Å². The Hall–Kier alpha value is 1.04. The van der Waals surface area contributed by atoms with Crippen molar-refractivity contribution in [3.8, 4) is 0 Å². The molecular weight excluding hydrogens is 254 g/mol. The summed E-state index contributed by atoms with van der Waals surface area (Å²) in [4.78, 5) is 0. The van der Waals surface area contributed by atoms with E-state index in [9.17, 15) is 0 Å². The molecule has 0 aliphatic carbocycles. The molecule has 1 fully saturated rings. The topological polar surface area (TPSA) is 0 Å². The van der Waals surface area contributed by atoms with Crippen LogP contribution in [0, 0.1) is 0 Å². The molecule has 0 aromatic rings. The van der Waals surface area contributed by atoms with Crippen LogP contribution in [0.3, 0.4) is 0 Å². The molecule has 0 saturated carbocycles. The first kappa shape index (κ1) is 9.13. The van der Waals surface area contributed by atoms with Crippen molar-refractivity contribution < 1.29 is 0 Å². The fraction of sp³-hybridized carbons (Fsp3) is 1.00. The predicted molar refractivity (Wildman–Crippen MR) is 49.2 cm³/mol. The quantitative estimate of drug-likeness (QED) is 0.594. The van der Waals surface area contributed by atoms with Gasteiger partial charge in [0.1, 0.15) is 0 Å². The van der Waals surface area contributed by atoms with Crippen molar-refractivity contribution in [2.24, 2.45) is 0 Å². The molecule has 1 aliphatic heterocycles. The standard InChI is InChI=1S/C8H16Se2/c1-2-6-10-8-4-3-7-9-5-1/h1-8H2. The summed E-state index contributed by atoms with van der Waals surface area (Å²) in [5.41, 5.74) is 0. The van der Waals surface area contributed by atoms with Gasteiger partial charge in [-0.3, -0.25) is 0 Å². The molecule has 1 rings (SSSR count). The van der Waals surface area contributed by atoms with Gasteiger partial charge in [-0.2, -0.15) is 0 Å². The van der Waals surface area contributed by atoms with Gasteiger partial charge in [0.15, 0.2) is 0 Å². The Kier molecular flexibility index (Phi) is 6.14. The second-order valence-corrected chi connectivity index (χ2v) is 7.78. The van der Waals surface area contributed by atoms with Crippen molar-refractivity contribution in [1.82, 2.24) is 0 Å². The van der Waals surface area contributed by atoms with Crippen molar-refractivity contribution in [2.75, 3.05) is 0 Å². The molecule has 0 radical (unpaired) electrons. The Bertz CT molecular complexity index is 40.4. The maximum atomic E-state index is 1.57. The Labute approximate surface area is 76.8 Å². The Morgan fingerprint density at radius 1 is 0.500 bits per heavy atom. The summed E-state index contributed by atoms with van der Waals surface area (Å²) < 4.78 is 0. The summed E-state index contributed by atoms with van der Waals surface area (Å²) in [7, 11) is 0. The van der Waals surface area contributed by atoms with Crippen LogP contribution in [0.1, 0.15) is 25.7 Å². The van der Waals surface area contributed by atoms with Crippen molar-refractivity contribution in [3.05, 3.63) is 0 Å². The maximum absolute atomic E-state index is 1.57. The summed E-state index contributed by atoms with van der Waals surface area (Å²) >= 11 is 2.04. The van der Waals surface area contributed by atoms with Gasteiger partial charge in [0.25, 0.3) is 0 Å². The van der Waals surface area contributed by atoms with Crippen LogP contribution in [0.2, 0.25) is 21.3 Å². The molecule has 0 aromatic carbocycles. The predicted octanol–water partition coefficient (Wildman–Crippen LogP) is 2.64. The Morgan fingerprint density at radius 3 is 1.10 bits per heavy atom. The fourth-order valence-electron chi connectivity index (χ4n) is 1.02. The molecule has 10 heavy (non-hydrogen) atoms. The van der Waals surface area contributed by atoms with E-state index < -0.39 is 0 Å². The van der Waals surface area contributed by atoms with E-state index in [4.69, 9.17) is 0 Å². The van der Waals surface area contributed by atoms with Crippen LogP contribution in [0.5, 0.6) is 0 Å². The molecule has 0 amide bonds. The summed E-state index contributed by atoms with van der Waals surface area (Å²) in [6.45, 7) is 0. The van der Waals surface area contributed by atoms with Gasteiger partial charge in [0, 0.05) is 0 Å². The number of hydrogen-bond acceptors (Lipinski definition) is 0.